The van der Waals surface area contributed by atoms with Gasteiger partial charge in [0, 0.05) is 48.2 Å². The summed E-state index contributed by atoms with van der Waals surface area (Å²) in [6.07, 6.45) is 6.16. The highest BCUT2D eigenvalue weighted by Gasteiger charge is 2.51. The van der Waals surface area contributed by atoms with E-state index in [0.29, 0.717) is 12.6 Å². The van der Waals surface area contributed by atoms with Crippen LogP contribution in [0.15, 0.2) is 35.1 Å². The minimum atomic E-state index is -0.0576. The predicted molar refractivity (Wildman–Crippen MR) is 108 cm³/mol. The number of urea groups is 1. The van der Waals surface area contributed by atoms with Gasteiger partial charge in [0.2, 0.25) is 0 Å². The monoisotopic (exact) mass is 445 g/mol. The summed E-state index contributed by atoms with van der Waals surface area (Å²) in [4.78, 5) is 15.0. The Bertz CT molecular complexity index is 875. The molecule has 2 saturated heterocycles. The molecular weight excluding hydrogens is 422 g/mol. The highest BCUT2D eigenvalue weighted by atomic mass is 79.9. The highest BCUT2D eigenvalue weighted by molar-refractivity contribution is 9.10. The minimum Gasteiger partial charge on any atom is -0.381 e. The number of halogens is 1. The molecule has 1 unspecified atom stereocenters. The summed E-state index contributed by atoms with van der Waals surface area (Å²) in [5.74, 6) is 1.24. The van der Waals surface area contributed by atoms with Crippen LogP contribution in [0, 0.1) is 5.41 Å². The van der Waals surface area contributed by atoms with Gasteiger partial charge in [0.15, 0.2) is 0 Å². The largest absolute Gasteiger partial charge is 0.381 e. The van der Waals surface area contributed by atoms with Gasteiger partial charge >= 0.3 is 6.03 Å². The molecule has 148 valence electrons. The molecule has 1 spiro atoms. The van der Waals surface area contributed by atoms with Crippen LogP contribution in [0.25, 0.3) is 0 Å². The van der Waals surface area contributed by atoms with Crippen LogP contribution < -0.4 is 5.32 Å². The van der Waals surface area contributed by atoms with E-state index in [4.69, 9.17) is 4.74 Å². The molecule has 1 aliphatic carbocycles. The second-order valence-electron chi connectivity index (χ2n) is 8.15. The molecule has 3 fully saturated rings. The zero-order valence-electron chi connectivity index (χ0n) is 15.7. The molecule has 1 aromatic heterocycles. The van der Waals surface area contributed by atoms with Crippen molar-refractivity contribution in [1.29, 1.82) is 0 Å². The summed E-state index contributed by atoms with van der Waals surface area (Å²) in [7, 11) is 0. The van der Waals surface area contributed by atoms with E-state index in [1.165, 1.54) is 12.8 Å². The van der Waals surface area contributed by atoms with Crippen LogP contribution in [0.2, 0.25) is 0 Å². The van der Waals surface area contributed by atoms with Gasteiger partial charge in [-0.1, -0.05) is 12.1 Å². The van der Waals surface area contributed by atoms with Gasteiger partial charge < -0.3 is 19.5 Å². The van der Waals surface area contributed by atoms with E-state index in [0.717, 1.165) is 48.6 Å². The smallest absolute Gasteiger partial charge is 0.321 e. The molecule has 3 heterocycles. The number of rotatable bonds is 3. The van der Waals surface area contributed by atoms with Gasteiger partial charge in [-0.15, -0.1) is 10.2 Å². The third-order valence-corrected chi connectivity index (χ3v) is 7.08. The number of nitrogens with zero attached hydrogens (tertiary/aromatic N) is 4. The molecule has 1 saturated carbocycles. The van der Waals surface area contributed by atoms with Crippen molar-refractivity contribution in [3.8, 4) is 0 Å². The quantitative estimate of drug-likeness (QED) is 0.779. The number of aromatic nitrogens is 3. The second-order valence-corrected chi connectivity index (χ2v) is 9.00. The van der Waals surface area contributed by atoms with Crippen LogP contribution in [0.4, 0.5) is 10.5 Å². The maximum atomic E-state index is 13.1. The Morgan fingerprint density at radius 2 is 2.04 bits per heavy atom. The molecule has 1 N–H and O–H groups in total. The molecule has 1 aromatic carbocycles. The Kier molecular flexibility index (Phi) is 4.63. The molecule has 2 amide bonds. The van der Waals surface area contributed by atoms with E-state index >= 15 is 0 Å². The summed E-state index contributed by atoms with van der Waals surface area (Å²) in [6, 6.07) is 8.17. The van der Waals surface area contributed by atoms with Gasteiger partial charge in [-0.2, -0.15) is 0 Å². The van der Waals surface area contributed by atoms with Gasteiger partial charge in [-0.05, 0) is 53.7 Å². The highest BCUT2D eigenvalue weighted by Crippen LogP contribution is 2.50. The molecule has 5 rings (SSSR count). The topological polar surface area (TPSA) is 72.3 Å². The predicted octanol–water partition coefficient (Wildman–Crippen LogP) is 3.80. The van der Waals surface area contributed by atoms with E-state index in [2.05, 4.69) is 36.0 Å². The summed E-state index contributed by atoms with van der Waals surface area (Å²) in [6.45, 7) is 2.89. The first kappa shape index (κ1) is 18.1. The number of carbonyl (C=O) groups excluding carboxylic acids is 1. The van der Waals surface area contributed by atoms with E-state index in [9.17, 15) is 4.79 Å². The van der Waals surface area contributed by atoms with Gasteiger partial charge in [-0.25, -0.2) is 4.79 Å². The van der Waals surface area contributed by atoms with Crippen LogP contribution in [0.5, 0.6) is 0 Å². The number of nitrogens with one attached hydrogen (secondary N) is 1. The number of amides is 2. The average molecular weight is 446 g/mol. The van der Waals surface area contributed by atoms with Crippen LogP contribution in [0.1, 0.15) is 43.5 Å². The third-order valence-electron chi connectivity index (χ3n) is 6.39. The number of para-hydroxylation sites is 1. The molecular formula is C20H24BrN5O2. The first-order valence-electron chi connectivity index (χ1n) is 9.94. The molecule has 0 bridgehead atoms. The number of benzene rings is 1. The second kappa shape index (κ2) is 7.15. The standard InChI is InChI=1S/C20H24BrN5O2/c21-16-3-1-2-4-17(16)23-19(27)25-11-15(20(12-25)7-9-28-10-8-20)18-24-22-13-26(18)14-5-6-14/h1-4,13-15H,5-12H2,(H,23,27). The fourth-order valence-electron chi connectivity index (χ4n) is 4.66. The van der Waals surface area contributed by atoms with Crippen LogP contribution in [0.3, 0.4) is 0 Å². The zero-order chi connectivity index (χ0) is 19.1. The van der Waals surface area contributed by atoms with Gasteiger partial charge in [-0.3, -0.25) is 0 Å². The van der Waals surface area contributed by atoms with Gasteiger partial charge in [0.05, 0.1) is 5.69 Å². The molecule has 0 radical (unpaired) electrons. The lowest BCUT2D eigenvalue weighted by molar-refractivity contribution is 0.0121. The number of ether oxygens (including phenoxy) is 1. The van der Waals surface area contributed by atoms with Crippen molar-refractivity contribution in [1.82, 2.24) is 19.7 Å². The van der Waals surface area contributed by atoms with E-state index < -0.39 is 0 Å². The first-order chi connectivity index (χ1) is 13.7. The first-order valence-corrected chi connectivity index (χ1v) is 10.7. The molecule has 2 aromatic rings. The zero-order valence-corrected chi connectivity index (χ0v) is 17.3. The lowest BCUT2D eigenvalue weighted by Gasteiger charge is -2.37. The average Bonchev–Trinajstić information content (AvgIpc) is 3.33. The number of hydrogen-bond donors (Lipinski definition) is 1. The Balaban J connectivity index is 1.41. The molecule has 1 atom stereocenters. The Morgan fingerprint density at radius 3 is 2.79 bits per heavy atom. The lowest BCUT2D eigenvalue weighted by Crippen LogP contribution is -2.38. The number of anilines is 1. The Hall–Kier alpha value is -1.93. The summed E-state index contributed by atoms with van der Waals surface area (Å²) in [5.41, 5.74) is 0.807. The van der Waals surface area contributed by atoms with Gasteiger partial charge in [0.1, 0.15) is 12.2 Å². The van der Waals surface area contributed by atoms with Crippen molar-refractivity contribution in [2.45, 2.75) is 37.6 Å². The molecule has 3 aliphatic rings. The Labute approximate surface area is 172 Å². The van der Waals surface area contributed by atoms with Crippen molar-refractivity contribution < 1.29 is 9.53 Å². The SMILES string of the molecule is O=C(Nc1ccccc1Br)N1CC(c2nncn2C2CC2)C2(CCOCC2)C1. The maximum absolute atomic E-state index is 13.1. The van der Waals surface area contributed by atoms with Crippen molar-refractivity contribution in [2.75, 3.05) is 31.6 Å². The van der Waals surface area contributed by atoms with E-state index in [1.807, 2.05) is 35.5 Å². The third kappa shape index (κ3) is 3.22. The van der Waals surface area contributed by atoms with E-state index in [1.54, 1.807) is 0 Å². The fourth-order valence-corrected chi connectivity index (χ4v) is 5.04. The van der Waals surface area contributed by atoms with Crippen molar-refractivity contribution in [3.05, 3.63) is 40.9 Å². The summed E-state index contributed by atoms with van der Waals surface area (Å²) in [5, 5.41) is 11.8. The molecule has 28 heavy (non-hydrogen) atoms. The van der Waals surface area contributed by atoms with Crippen molar-refractivity contribution in [3.63, 3.8) is 0 Å². The van der Waals surface area contributed by atoms with Crippen LogP contribution >= 0.6 is 15.9 Å². The molecule has 2 aliphatic heterocycles. The Morgan fingerprint density at radius 1 is 1.25 bits per heavy atom. The number of hydrogen-bond acceptors (Lipinski definition) is 4. The van der Waals surface area contributed by atoms with Crippen molar-refractivity contribution >= 4 is 27.6 Å². The fraction of sp³-hybridized carbons (Fsp3) is 0.550. The van der Waals surface area contributed by atoms with Crippen LogP contribution in [-0.2, 0) is 4.74 Å². The lowest BCUT2D eigenvalue weighted by atomic mass is 9.71. The summed E-state index contributed by atoms with van der Waals surface area (Å²) >= 11 is 3.51. The maximum Gasteiger partial charge on any atom is 0.321 e. The molecule has 7 nitrogen and oxygen atoms in total. The van der Waals surface area contributed by atoms with Crippen molar-refractivity contribution in [2.24, 2.45) is 5.41 Å². The minimum absolute atomic E-state index is 0.0170. The van der Waals surface area contributed by atoms with E-state index in [-0.39, 0.29) is 17.4 Å². The number of carbonyl (C=O) groups is 1. The normalized spacial score (nSPS) is 23.9. The molecule has 8 heteroatoms. The summed E-state index contributed by atoms with van der Waals surface area (Å²) < 4.78 is 8.78. The van der Waals surface area contributed by atoms with Crippen LogP contribution in [-0.4, -0.2) is 52.0 Å². The number of likely N-dealkylation sites (tertiary alicyclic amines) is 1. The van der Waals surface area contributed by atoms with Gasteiger partial charge in [0.25, 0.3) is 0 Å².